The van der Waals surface area contributed by atoms with Crippen LogP contribution in [0.25, 0.3) is 10.2 Å². The number of nitrogens with one attached hydrogen (secondary N) is 1. The number of hydrogen-bond acceptors (Lipinski definition) is 3. The fraction of sp³-hybridized carbons (Fsp3) is 0.467. The number of aromatic nitrogens is 1. The van der Waals surface area contributed by atoms with Gasteiger partial charge < -0.3 is 5.32 Å². The zero-order valence-electron chi connectivity index (χ0n) is 11.5. The van der Waals surface area contributed by atoms with Gasteiger partial charge in [-0.2, -0.15) is 0 Å². The Hall–Kier alpha value is -1.42. The van der Waals surface area contributed by atoms with Crippen LogP contribution in [0.3, 0.4) is 0 Å². The molecule has 0 unspecified atom stereocenters. The number of carbonyl (C=O) groups is 1. The summed E-state index contributed by atoms with van der Waals surface area (Å²) in [5.41, 5.74) is 1.52. The fourth-order valence-electron chi connectivity index (χ4n) is 2.09. The van der Waals surface area contributed by atoms with Gasteiger partial charge in [0, 0.05) is 6.54 Å². The predicted molar refractivity (Wildman–Crippen MR) is 80.8 cm³/mol. The SMILES string of the molecule is CCCCCCNC(=O)c1cccc2sc(C)nc12. The second kappa shape index (κ2) is 6.66. The topological polar surface area (TPSA) is 42.0 Å². The molecule has 0 bridgehead atoms. The normalized spacial score (nSPS) is 10.8. The Morgan fingerprint density at radius 2 is 2.16 bits per heavy atom. The average molecular weight is 276 g/mol. The first-order chi connectivity index (χ1) is 9.22. The second-order valence-electron chi connectivity index (χ2n) is 4.70. The van der Waals surface area contributed by atoms with Gasteiger partial charge in [-0.3, -0.25) is 4.79 Å². The van der Waals surface area contributed by atoms with E-state index in [0.717, 1.165) is 28.2 Å². The van der Waals surface area contributed by atoms with Crippen molar-refractivity contribution in [2.75, 3.05) is 6.54 Å². The van der Waals surface area contributed by atoms with Gasteiger partial charge >= 0.3 is 0 Å². The van der Waals surface area contributed by atoms with Crippen LogP contribution < -0.4 is 5.32 Å². The van der Waals surface area contributed by atoms with E-state index in [1.807, 2.05) is 25.1 Å². The van der Waals surface area contributed by atoms with Crippen LogP contribution in [0.15, 0.2) is 18.2 Å². The minimum absolute atomic E-state index is 0.00704. The first-order valence-corrected chi connectivity index (χ1v) is 7.68. The molecule has 4 heteroatoms. The Bertz CT molecular complexity index is 562. The van der Waals surface area contributed by atoms with Gasteiger partial charge in [0.1, 0.15) is 0 Å². The molecular weight excluding hydrogens is 256 g/mol. The van der Waals surface area contributed by atoms with Crippen molar-refractivity contribution in [3.63, 3.8) is 0 Å². The number of para-hydroxylation sites is 1. The number of nitrogens with zero attached hydrogens (tertiary/aromatic N) is 1. The van der Waals surface area contributed by atoms with Crippen LogP contribution in [-0.4, -0.2) is 17.4 Å². The molecule has 0 aliphatic heterocycles. The van der Waals surface area contributed by atoms with Crippen LogP contribution in [0, 0.1) is 6.92 Å². The van der Waals surface area contributed by atoms with Crippen LogP contribution >= 0.6 is 11.3 Å². The average Bonchev–Trinajstić information content (AvgIpc) is 2.78. The molecule has 102 valence electrons. The largest absolute Gasteiger partial charge is 0.352 e. The van der Waals surface area contributed by atoms with Crippen molar-refractivity contribution in [3.8, 4) is 0 Å². The highest BCUT2D eigenvalue weighted by Crippen LogP contribution is 2.24. The summed E-state index contributed by atoms with van der Waals surface area (Å²) in [4.78, 5) is 16.6. The molecule has 1 N–H and O–H groups in total. The van der Waals surface area contributed by atoms with Gasteiger partial charge in [0.2, 0.25) is 0 Å². The van der Waals surface area contributed by atoms with E-state index >= 15 is 0 Å². The highest BCUT2D eigenvalue weighted by atomic mass is 32.1. The predicted octanol–water partition coefficient (Wildman–Crippen LogP) is 3.91. The Kier molecular flexibility index (Phi) is 4.91. The van der Waals surface area contributed by atoms with Gasteiger partial charge in [-0.15, -0.1) is 11.3 Å². The molecular formula is C15H20N2OS. The molecule has 0 saturated carbocycles. The quantitative estimate of drug-likeness (QED) is 0.813. The Morgan fingerprint density at radius 3 is 2.95 bits per heavy atom. The summed E-state index contributed by atoms with van der Waals surface area (Å²) in [5.74, 6) is -0.00704. The molecule has 0 radical (unpaired) electrons. The summed E-state index contributed by atoms with van der Waals surface area (Å²) < 4.78 is 1.08. The van der Waals surface area contributed by atoms with Gasteiger partial charge in [0.25, 0.3) is 5.91 Å². The number of amides is 1. The van der Waals surface area contributed by atoms with Crippen LogP contribution in [0.1, 0.15) is 48.0 Å². The molecule has 1 aromatic carbocycles. The Labute approximate surface area is 118 Å². The van der Waals surface area contributed by atoms with E-state index in [-0.39, 0.29) is 5.91 Å². The molecule has 2 rings (SSSR count). The number of unbranched alkanes of at least 4 members (excludes halogenated alkanes) is 3. The molecule has 0 spiro atoms. The van der Waals surface area contributed by atoms with E-state index < -0.39 is 0 Å². The van der Waals surface area contributed by atoms with Crippen molar-refractivity contribution in [2.45, 2.75) is 39.5 Å². The summed E-state index contributed by atoms with van der Waals surface area (Å²) in [6.45, 7) is 4.90. The van der Waals surface area contributed by atoms with Crippen molar-refractivity contribution in [3.05, 3.63) is 28.8 Å². The van der Waals surface area contributed by atoms with Crippen molar-refractivity contribution in [1.82, 2.24) is 10.3 Å². The number of thiazole rings is 1. The summed E-state index contributed by atoms with van der Waals surface area (Å²) in [7, 11) is 0. The first kappa shape index (κ1) is 14.0. The van der Waals surface area contributed by atoms with E-state index in [4.69, 9.17) is 0 Å². The zero-order chi connectivity index (χ0) is 13.7. The molecule has 1 aromatic heterocycles. The summed E-state index contributed by atoms with van der Waals surface area (Å²) in [6, 6.07) is 5.78. The second-order valence-corrected chi connectivity index (χ2v) is 5.94. The maximum Gasteiger partial charge on any atom is 0.253 e. The minimum atomic E-state index is -0.00704. The van der Waals surface area contributed by atoms with Gasteiger partial charge in [-0.25, -0.2) is 4.98 Å². The highest BCUT2D eigenvalue weighted by molar-refractivity contribution is 7.18. The number of hydrogen-bond donors (Lipinski definition) is 1. The van der Waals surface area contributed by atoms with E-state index in [1.165, 1.54) is 19.3 Å². The highest BCUT2D eigenvalue weighted by Gasteiger charge is 2.12. The lowest BCUT2D eigenvalue weighted by molar-refractivity contribution is 0.0954. The molecule has 1 amide bonds. The number of aryl methyl sites for hydroxylation is 1. The van der Waals surface area contributed by atoms with Crippen molar-refractivity contribution < 1.29 is 4.79 Å². The molecule has 1 heterocycles. The zero-order valence-corrected chi connectivity index (χ0v) is 12.3. The minimum Gasteiger partial charge on any atom is -0.352 e. The van der Waals surface area contributed by atoms with Crippen LogP contribution in [0.5, 0.6) is 0 Å². The molecule has 2 aromatic rings. The first-order valence-electron chi connectivity index (χ1n) is 6.86. The summed E-state index contributed by atoms with van der Waals surface area (Å²) >= 11 is 1.63. The standard InChI is InChI=1S/C15H20N2OS/c1-3-4-5-6-10-16-15(18)12-8-7-9-13-14(12)17-11(2)19-13/h7-9H,3-6,10H2,1-2H3,(H,16,18). The number of benzene rings is 1. The lowest BCUT2D eigenvalue weighted by Gasteiger charge is -2.05. The third kappa shape index (κ3) is 3.53. The lowest BCUT2D eigenvalue weighted by atomic mass is 10.1. The van der Waals surface area contributed by atoms with Gasteiger partial charge in [0.05, 0.1) is 20.8 Å². The van der Waals surface area contributed by atoms with E-state index in [9.17, 15) is 4.79 Å². The molecule has 0 saturated heterocycles. The van der Waals surface area contributed by atoms with Crippen molar-refractivity contribution in [1.29, 1.82) is 0 Å². The number of rotatable bonds is 6. The maximum atomic E-state index is 12.2. The Balaban J connectivity index is 2.01. The third-order valence-electron chi connectivity index (χ3n) is 3.09. The number of carbonyl (C=O) groups excluding carboxylic acids is 1. The van der Waals surface area contributed by atoms with E-state index in [2.05, 4.69) is 17.2 Å². The fourth-order valence-corrected chi connectivity index (χ4v) is 2.95. The maximum absolute atomic E-state index is 12.2. The van der Waals surface area contributed by atoms with E-state index in [0.29, 0.717) is 5.56 Å². The molecule has 0 aliphatic carbocycles. The summed E-state index contributed by atoms with van der Waals surface area (Å²) in [5, 5.41) is 3.98. The molecule has 0 aliphatic rings. The van der Waals surface area contributed by atoms with Crippen molar-refractivity contribution in [2.24, 2.45) is 0 Å². The summed E-state index contributed by atoms with van der Waals surface area (Å²) in [6.07, 6.45) is 4.67. The molecule has 0 fully saturated rings. The molecule has 3 nitrogen and oxygen atoms in total. The van der Waals surface area contributed by atoms with Crippen LogP contribution in [0.4, 0.5) is 0 Å². The third-order valence-corrected chi connectivity index (χ3v) is 4.02. The van der Waals surface area contributed by atoms with Crippen LogP contribution in [0.2, 0.25) is 0 Å². The number of fused-ring (bicyclic) bond motifs is 1. The lowest BCUT2D eigenvalue weighted by Crippen LogP contribution is -2.24. The monoisotopic (exact) mass is 276 g/mol. The van der Waals surface area contributed by atoms with Crippen molar-refractivity contribution >= 4 is 27.5 Å². The van der Waals surface area contributed by atoms with E-state index in [1.54, 1.807) is 11.3 Å². The smallest absolute Gasteiger partial charge is 0.253 e. The Morgan fingerprint density at radius 1 is 1.32 bits per heavy atom. The van der Waals surface area contributed by atoms with Gasteiger partial charge in [-0.1, -0.05) is 32.3 Å². The van der Waals surface area contributed by atoms with Gasteiger partial charge in [-0.05, 0) is 25.5 Å². The van der Waals surface area contributed by atoms with Gasteiger partial charge in [0.15, 0.2) is 0 Å². The molecule has 19 heavy (non-hydrogen) atoms. The van der Waals surface area contributed by atoms with Crippen LogP contribution in [-0.2, 0) is 0 Å². The molecule has 0 atom stereocenters.